The van der Waals surface area contributed by atoms with E-state index < -0.39 is 11.8 Å². The minimum absolute atomic E-state index is 0.0834. The minimum atomic E-state index is -0.934. The first-order valence-electron chi connectivity index (χ1n) is 5.28. The van der Waals surface area contributed by atoms with Crippen LogP contribution in [0.25, 0.3) is 0 Å². The molecule has 1 N–H and O–H groups in total. The molecule has 5 heteroatoms. The molecular weight excluding hydrogens is 222 g/mol. The van der Waals surface area contributed by atoms with Crippen LogP contribution in [0.1, 0.15) is 26.3 Å². The van der Waals surface area contributed by atoms with Crippen molar-refractivity contribution in [3.8, 4) is 0 Å². The summed E-state index contributed by atoms with van der Waals surface area (Å²) >= 11 is 0. The van der Waals surface area contributed by atoms with Crippen molar-refractivity contribution < 1.29 is 19.6 Å². The molecule has 0 aliphatic carbocycles. The van der Waals surface area contributed by atoms with Gasteiger partial charge in [-0.05, 0) is 31.6 Å². The second kappa shape index (κ2) is 5.65. The molecule has 0 saturated carbocycles. The third-order valence-corrected chi connectivity index (χ3v) is 1.73. The Hall–Kier alpha value is -1.59. The quantitative estimate of drug-likeness (QED) is 0.649. The van der Waals surface area contributed by atoms with Gasteiger partial charge in [0.05, 0.1) is 6.54 Å². The Morgan fingerprint density at radius 3 is 2.41 bits per heavy atom. The predicted molar refractivity (Wildman–Crippen MR) is 61.1 cm³/mol. The van der Waals surface area contributed by atoms with E-state index >= 15 is 0 Å². The molecule has 0 aliphatic rings. The van der Waals surface area contributed by atoms with Crippen LogP contribution in [0.2, 0.25) is 0 Å². The van der Waals surface area contributed by atoms with E-state index in [-0.39, 0.29) is 6.54 Å². The summed E-state index contributed by atoms with van der Waals surface area (Å²) in [6.07, 6.45) is -0.934. The number of hydroxylamine groups is 2. The molecule has 0 fully saturated rings. The lowest BCUT2D eigenvalue weighted by molar-refractivity contribution is -0.320. The maximum atomic E-state index is 11.2. The first-order valence-corrected chi connectivity index (χ1v) is 5.28. The van der Waals surface area contributed by atoms with Crippen molar-refractivity contribution in [2.45, 2.75) is 32.9 Å². The Bertz CT molecular complexity index is 359. The summed E-state index contributed by atoms with van der Waals surface area (Å²) in [5.74, 6) is 0. The zero-order valence-electron chi connectivity index (χ0n) is 10.2. The van der Waals surface area contributed by atoms with Crippen molar-refractivity contribution in [1.82, 2.24) is 5.23 Å². The van der Waals surface area contributed by atoms with E-state index in [1.54, 1.807) is 20.8 Å². The molecular formula is C12H17NO4. The van der Waals surface area contributed by atoms with Crippen LogP contribution in [0.3, 0.4) is 0 Å². The summed E-state index contributed by atoms with van der Waals surface area (Å²) in [6, 6.07) is 9.14. The van der Waals surface area contributed by atoms with Crippen molar-refractivity contribution in [2.24, 2.45) is 0 Å². The van der Waals surface area contributed by atoms with Gasteiger partial charge >= 0.3 is 6.16 Å². The van der Waals surface area contributed by atoms with Gasteiger partial charge in [0.25, 0.3) is 0 Å². The molecule has 0 heterocycles. The first kappa shape index (κ1) is 13.5. The second-order valence-electron chi connectivity index (χ2n) is 4.55. The molecule has 1 aromatic rings. The molecule has 17 heavy (non-hydrogen) atoms. The van der Waals surface area contributed by atoms with E-state index in [9.17, 15) is 10.0 Å². The van der Waals surface area contributed by atoms with Gasteiger partial charge < -0.3 is 9.57 Å². The van der Waals surface area contributed by atoms with Crippen molar-refractivity contribution in [3.63, 3.8) is 0 Å². The minimum Gasteiger partial charge on any atom is -0.427 e. The molecule has 1 rings (SSSR count). The fourth-order valence-corrected chi connectivity index (χ4v) is 1.13. The number of rotatable bonds is 3. The highest BCUT2D eigenvalue weighted by atomic mass is 16.9. The van der Waals surface area contributed by atoms with E-state index in [0.717, 1.165) is 5.56 Å². The topological polar surface area (TPSA) is 59.0 Å². The van der Waals surface area contributed by atoms with Gasteiger partial charge in [0, 0.05) is 0 Å². The number of benzene rings is 1. The number of nitrogens with zero attached hydrogens (tertiary/aromatic N) is 1. The van der Waals surface area contributed by atoms with Crippen LogP contribution in [-0.2, 0) is 16.1 Å². The van der Waals surface area contributed by atoms with Gasteiger partial charge in [-0.15, -0.1) is 0 Å². The third kappa shape index (κ3) is 5.89. The van der Waals surface area contributed by atoms with Gasteiger partial charge in [-0.2, -0.15) is 0 Å². The van der Waals surface area contributed by atoms with Crippen molar-refractivity contribution in [2.75, 3.05) is 0 Å². The molecule has 94 valence electrons. The van der Waals surface area contributed by atoms with Crippen LogP contribution < -0.4 is 0 Å². The van der Waals surface area contributed by atoms with Crippen LogP contribution in [0.15, 0.2) is 30.3 Å². The molecule has 1 aromatic carbocycles. The monoisotopic (exact) mass is 239 g/mol. The number of hydrogen-bond donors (Lipinski definition) is 1. The maximum absolute atomic E-state index is 11.2. The molecule has 0 radical (unpaired) electrons. The maximum Gasteiger partial charge on any atom is 0.530 e. The molecule has 0 atom stereocenters. The Morgan fingerprint density at radius 2 is 1.88 bits per heavy atom. The van der Waals surface area contributed by atoms with E-state index in [2.05, 4.69) is 4.84 Å². The zero-order chi connectivity index (χ0) is 12.9. The van der Waals surface area contributed by atoms with E-state index in [1.807, 2.05) is 30.3 Å². The molecule has 0 saturated heterocycles. The normalized spacial score (nSPS) is 11.4. The van der Waals surface area contributed by atoms with E-state index in [4.69, 9.17) is 4.74 Å². The SMILES string of the molecule is CC(C)(C)OC(=O)ON(O)Cc1ccccc1. The summed E-state index contributed by atoms with van der Waals surface area (Å²) in [7, 11) is 0. The largest absolute Gasteiger partial charge is 0.530 e. The molecule has 0 aromatic heterocycles. The summed E-state index contributed by atoms with van der Waals surface area (Å²) in [5, 5.41) is 9.83. The van der Waals surface area contributed by atoms with Gasteiger partial charge in [-0.25, -0.2) is 4.79 Å². The lowest BCUT2D eigenvalue weighted by Crippen LogP contribution is -2.30. The van der Waals surface area contributed by atoms with Crippen LogP contribution in [0.5, 0.6) is 0 Å². The Kier molecular flexibility index (Phi) is 4.48. The fourth-order valence-electron chi connectivity index (χ4n) is 1.13. The fraction of sp³-hybridized carbons (Fsp3) is 0.417. The first-order chi connectivity index (χ1) is 7.87. The molecule has 0 aliphatic heterocycles. The second-order valence-corrected chi connectivity index (χ2v) is 4.55. The van der Waals surface area contributed by atoms with Crippen LogP contribution in [0.4, 0.5) is 4.79 Å². The van der Waals surface area contributed by atoms with Gasteiger partial charge in [-0.1, -0.05) is 30.3 Å². The zero-order valence-corrected chi connectivity index (χ0v) is 10.2. The van der Waals surface area contributed by atoms with Crippen molar-refractivity contribution in [3.05, 3.63) is 35.9 Å². The summed E-state index contributed by atoms with van der Waals surface area (Å²) in [6.45, 7) is 5.23. The van der Waals surface area contributed by atoms with Gasteiger partial charge in [0.2, 0.25) is 0 Å². The Morgan fingerprint density at radius 1 is 1.29 bits per heavy atom. The average molecular weight is 239 g/mol. The Labute approximate surface area is 100 Å². The molecule has 0 unspecified atom stereocenters. The molecule has 0 spiro atoms. The number of carbonyl (C=O) groups is 1. The predicted octanol–water partition coefficient (Wildman–Crippen LogP) is 2.74. The average Bonchev–Trinajstić information content (AvgIpc) is 2.15. The smallest absolute Gasteiger partial charge is 0.427 e. The van der Waals surface area contributed by atoms with Crippen LogP contribution in [0, 0.1) is 0 Å². The number of carbonyl (C=O) groups excluding carboxylic acids is 1. The summed E-state index contributed by atoms with van der Waals surface area (Å²) < 4.78 is 4.88. The third-order valence-electron chi connectivity index (χ3n) is 1.73. The highest BCUT2D eigenvalue weighted by molar-refractivity contribution is 5.59. The number of hydrogen-bond acceptors (Lipinski definition) is 5. The molecule has 0 amide bonds. The number of ether oxygens (including phenoxy) is 1. The van der Waals surface area contributed by atoms with Gasteiger partial charge in [-0.3, -0.25) is 5.21 Å². The van der Waals surface area contributed by atoms with Gasteiger partial charge in [0.15, 0.2) is 0 Å². The molecule has 0 bridgehead atoms. The highest BCUT2D eigenvalue weighted by Gasteiger charge is 2.19. The van der Waals surface area contributed by atoms with Gasteiger partial charge in [0.1, 0.15) is 5.60 Å². The lowest BCUT2D eigenvalue weighted by Gasteiger charge is -2.20. The highest BCUT2D eigenvalue weighted by Crippen LogP contribution is 2.09. The van der Waals surface area contributed by atoms with E-state index in [0.29, 0.717) is 5.23 Å². The van der Waals surface area contributed by atoms with E-state index in [1.165, 1.54) is 0 Å². The van der Waals surface area contributed by atoms with Crippen LogP contribution >= 0.6 is 0 Å². The standard InChI is InChI=1S/C12H17NO4/c1-12(2,3)16-11(14)17-13(15)9-10-7-5-4-6-8-10/h4-8,15H,9H2,1-3H3. The molecule has 5 nitrogen and oxygen atoms in total. The Balaban J connectivity index is 2.40. The summed E-state index contributed by atoms with van der Waals surface area (Å²) in [4.78, 5) is 15.8. The van der Waals surface area contributed by atoms with Crippen LogP contribution in [-0.4, -0.2) is 22.2 Å². The van der Waals surface area contributed by atoms with Crippen molar-refractivity contribution in [1.29, 1.82) is 0 Å². The van der Waals surface area contributed by atoms with Crippen molar-refractivity contribution >= 4 is 6.16 Å². The summed E-state index contributed by atoms with van der Waals surface area (Å²) in [5.41, 5.74) is 0.170. The lowest BCUT2D eigenvalue weighted by atomic mass is 10.2.